The van der Waals surface area contributed by atoms with Crippen molar-refractivity contribution in [3.63, 3.8) is 0 Å². The van der Waals surface area contributed by atoms with E-state index in [0.717, 1.165) is 62.1 Å². The Balaban J connectivity index is 0.00000242. The van der Waals surface area contributed by atoms with Crippen molar-refractivity contribution >= 4 is 48.2 Å². The Morgan fingerprint density at radius 2 is 1.71 bits per heavy atom. The number of hydrogen-bond donors (Lipinski definition) is 2. The summed E-state index contributed by atoms with van der Waals surface area (Å²) < 4.78 is 1.96. The molecular formula is C31H46Cl3N5O3. The average Bonchev–Trinajstić information content (AvgIpc) is 3.25. The normalized spacial score (nSPS) is 21.9. The van der Waals surface area contributed by atoms with Gasteiger partial charge in [0.2, 0.25) is 11.8 Å². The Morgan fingerprint density at radius 1 is 1.07 bits per heavy atom. The molecule has 1 saturated carbocycles. The van der Waals surface area contributed by atoms with Crippen LogP contribution in [0.25, 0.3) is 5.69 Å². The molecule has 1 aromatic carbocycles. The van der Waals surface area contributed by atoms with Crippen LogP contribution in [0, 0.1) is 19.8 Å². The minimum atomic E-state index is -0.844. The zero-order valence-electron chi connectivity index (χ0n) is 25.0. The van der Waals surface area contributed by atoms with Crippen LogP contribution in [0.1, 0.15) is 81.7 Å². The number of aliphatic hydroxyl groups is 1. The number of rotatable bonds is 8. The number of halogens is 3. The van der Waals surface area contributed by atoms with E-state index in [4.69, 9.17) is 16.7 Å². The number of hydrogen-bond acceptors (Lipinski definition) is 5. The first kappa shape index (κ1) is 34.6. The van der Waals surface area contributed by atoms with Gasteiger partial charge in [-0.25, -0.2) is 4.68 Å². The largest absolute Gasteiger partial charge is 0.390 e. The second-order valence-corrected chi connectivity index (χ2v) is 12.5. The van der Waals surface area contributed by atoms with Crippen molar-refractivity contribution in [2.45, 2.75) is 103 Å². The van der Waals surface area contributed by atoms with Crippen molar-refractivity contribution in [1.29, 1.82) is 0 Å². The van der Waals surface area contributed by atoms with Crippen LogP contribution in [0.2, 0.25) is 5.02 Å². The summed E-state index contributed by atoms with van der Waals surface area (Å²) in [7, 11) is 0. The summed E-state index contributed by atoms with van der Waals surface area (Å²) >= 11 is 6.08. The van der Waals surface area contributed by atoms with Crippen LogP contribution in [-0.4, -0.2) is 73.8 Å². The number of nitrogens with one attached hydrogen (secondary N) is 1. The van der Waals surface area contributed by atoms with Crippen LogP contribution in [-0.2, 0) is 16.1 Å². The number of aliphatic hydroxyl groups excluding tert-OH is 1. The van der Waals surface area contributed by atoms with Crippen LogP contribution < -0.4 is 5.32 Å². The highest BCUT2D eigenvalue weighted by Gasteiger charge is 2.55. The van der Waals surface area contributed by atoms with Crippen LogP contribution in [0.15, 0.2) is 24.3 Å². The highest BCUT2D eigenvalue weighted by Crippen LogP contribution is 2.37. The number of piperidine rings is 1. The SMILES string of the molecule is CCCCN1C(=O)[C@@H]([C@H](O)C2CCCCC2)NC(=O)C12CCN(Cc1c(C)nn(-c3ccc(Cl)cc3)c1C)CC2.Cl.Cl. The van der Waals surface area contributed by atoms with Crippen molar-refractivity contribution in [3.8, 4) is 5.69 Å². The monoisotopic (exact) mass is 641 g/mol. The van der Waals surface area contributed by atoms with E-state index in [1.54, 1.807) is 0 Å². The number of likely N-dealkylation sites (tertiary alicyclic amines) is 1. The maximum absolute atomic E-state index is 13.9. The van der Waals surface area contributed by atoms with Gasteiger partial charge in [0.1, 0.15) is 11.6 Å². The summed E-state index contributed by atoms with van der Waals surface area (Å²) in [5.41, 5.74) is 3.40. The molecule has 0 unspecified atom stereocenters. The van der Waals surface area contributed by atoms with Gasteiger partial charge in [-0.1, -0.05) is 44.2 Å². The number of unbranched alkanes of at least 4 members (excludes halogenated alkanes) is 1. The molecule has 8 nitrogen and oxygen atoms in total. The van der Waals surface area contributed by atoms with Gasteiger partial charge in [-0.15, -0.1) is 24.8 Å². The third kappa shape index (κ3) is 6.78. The first-order valence-electron chi connectivity index (χ1n) is 15.1. The molecule has 2 saturated heterocycles. The molecular weight excluding hydrogens is 597 g/mol. The number of carbonyl (C=O) groups is 2. The van der Waals surface area contributed by atoms with Gasteiger partial charge in [0.05, 0.1) is 17.5 Å². The van der Waals surface area contributed by atoms with Crippen molar-refractivity contribution in [2.24, 2.45) is 5.92 Å². The molecule has 2 aliphatic heterocycles. The topological polar surface area (TPSA) is 90.7 Å². The molecule has 2 amide bonds. The summed E-state index contributed by atoms with van der Waals surface area (Å²) in [6, 6.07) is 6.85. The van der Waals surface area contributed by atoms with Crippen LogP contribution >= 0.6 is 36.4 Å². The van der Waals surface area contributed by atoms with E-state index in [9.17, 15) is 14.7 Å². The van der Waals surface area contributed by atoms with Gasteiger partial charge in [-0.3, -0.25) is 14.5 Å². The second kappa shape index (κ2) is 14.8. The lowest BCUT2D eigenvalue weighted by Gasteiger charge is -2.52. The minimum absolute atomic E-state index is 0. The smallest absolute Gasteiger partial charge is 0.248 e. The standard InChI is InChI=1S/C31H44ClN5O3.2ClH/c1-4-5-17-36-29(39)27(28(38)23-9-7-6-8-10-23)33-30(40)31(36)15-18-35(19-16-31)20-26-21(2)34-37(22(26)3)25-13-11-24(32)12-14-25;;/h11-14,23,27-28,38H,4-10,15-20H2,1-3H3,(H,33,40);2*1H/t27-,28-;;/m1../s1. The van der Waals surface area contributed by atoms with E-state index < -0.39 is 17.7 Å². The van der Waals surface area contributed by atoms with E-state index in [0.29, 0.717) is 37.5 Å². The zero-order valence-corrected chi connectivity index (χ0v) is 27.4. The van der Waals surface area contributed by atoms with E-state index in [-0.39, 0.29) is 42.5 Å². The summed E-state index contributed by atoms with van der Waals surface area (Å²) in [6.07, 6.45) is 7.32. The predicted molar refractivity (Wildman–Crippen MR) is 171 cm³/mol. The van der Waals surface area contributed by atoms with Gasteiger partial charge in [0.25, 0.3) is 0 Å². The summed E-state index contributed by atoms with van der Waals surface area (Å²) in [6.45, 7) is 8.96. The molecule has 0 radical (unpaired) electrons. The van der Waals surface area contributed by atoms with Crippen molar-refractivity contribution in [3.05, 3.63) is 46.2 Å². The lowest BCUT2D eigenvalue weighted by molar-refractivity contribution is -0.166. The van der Waals surface area contributed by atoms with Crippen LogP contribution in [0.5, 0.6) is 0 Å². The summed E-state index contributed by atoms with van der Waals surface area (Å²) in [5, 5.41) is 19.7. The number of aromatic nitrogens is 2. The van der Waals surface area contributed by atoms with E-state index in [1.165, 1.54) is 12.0 Å². The maximum Gasteiger partial charge on any atom is 0.248 e. The van der Waals surface area contributed by atoms with Crippen molar-refractivity contribution < 1.29 is 14.7 Å². The highest BCUT2D eigenvalue weighted by atomic mass is 35.5. The number of benzene rings is 1. The van der Waals surface area contributed by atoms with E-state index in [1.807, 2.05) is 40.8 Å². The fourth-order valence-electron chi connectivity index (χ4n) is 7.00. The Hall–Kier alpha value is -1.84. The molecule has 3 heterocycles. The minimum Gasteiger partial charge on any atom is -0.390 e. The Labute approximate surface area is 267 Å². The molecule has 2 atom stereocenters. The lowest BCUT2D eigenvalue weighted by Crippen LogP contribution is -2.75. The number of aryl methyl sites for hydroxylation is 1. The fraction of sp³-hybridized carbons (Fsp3) is 0.645. The predicted octanol–water partition coefficient (Wildman–Crippen LogP) is 5.39. The summed E-state index contributed by atoms with van der Waals surface area (Å²) in [5.74, 6) is -0.117. The Bertz CT molecular complexity index is 1210. The molecule has 3 aliphatic rings. The molecule has 11 heteroatoms. The number of piperazine rings is 1. The van der Waals surface area contributed by atoms with E-state index >= 15 is 0 Å². The third-order valence-electron chi connectivity index (χ3n) is 9.54. The van der Waals surface area contributed by atoms with Crippen LogP contribution in [0.3, 0.4) is 0 Å². The molecule has 2 aromatic rings. The van der Waals surface area contributed by atoms with Gasteiger partial charge in [0.15, 0.2) is 0 Å². The van der Waals surface area contributed by atoms with Crippen molar-refractivity contribution in [2.75, 3.05) is 19.6 Å². The molecule has 5 rings (SSSR count). The first-order valence-corrected chi connectivity index (χ1v) is 15.5. The Kier molecular flexibility index (Phi) is 12.2. The van der Waals surface area contributed by atoms with Gasteiger partial charge in [-0.05, 0) is 76.1 Å². The van der Waals surface area contributed by atoms with Gasteiger partial charge >= 0.3 is 0 Å². The zero-order chi connectivity index (χ0) is 28.4. The van der Waals surface area contributed by atoms with E-state index in [2.05, 4.69) is 24.1 Å². The molecule has 2 N–H and O–H groups in total. The molecule has 3 fully saturated rings. The number of nitrogens with zero attached hydrogens (tertiary/aromatic N) is 4. The lowest BCUT2D eigenvalue weighted by atomic mass is 9.78. The molecule has 1 spiro atoms. The molecule has 1 aliphatic carbocycles. The molecule has 234 valence electrons. The fourth-order valence-corrected chi connectivity index (χ4v) is 7.12. The van der Waals surface area contributed by atoms with Crippen molar-refractivity contribution in [1.82, 2.24) is 24.9 Å². The van der Waals surface area contributed by atoms with Gasteiger partial charge in [0, 0.05) is 42.5 Å². The number of amides is 2. The second-order valence-electron chi connectivity index (χ2n) is 12.0. The van der Waals surface area contributed by atoms with Gasteiger partial charge in [-0.2, -0.15) is 5.10 Å². The summed E-state index contributed by atoms with van der Waals surface area (Å²) in [4.78, 5) is 31.9. The molecule has 0 bridgehead atoms. The highest BCUT2D eigenvalue weighted by molar-refractivity contribution is 6.30. The number of carbonyl (C=O) groups excluding carboxylic acids is 2. The molecule has 1 aromatic heterocycles. The maximum atomic E-state index is 13.9. The average molecular weight is 643 g/mol. The van der Waals surface area contributed by atoms with Crippen LogP contribution in [0.4, 0.5) is 0 Å². The molecule has 42 heavy (non-hydrogen) atoms. The quantitative estimate of drug-likeness (QED) is 0.403. The first-order chi connectivity index (χ1) is 19.2. The third-order valence-corrected chi connectivity index (χ3v) is 9.80. The van der Waals surface area contributed by atoms with Gasteiger partial charge < -0.3 is 15.3 Å². The Morgan fingerprint density at radius 3 is 2.33 bits per heavy atom.